The summed E-state index contributed by atoms with van der Waals surface area (Å²) in [4.78, 5) is 41.7. The average molecular weight is 421 g/mol. The van der Waals surface area contributed by atoms with E-state index in [1.165, 1.54) is 17.0 Å². The second kappa shape index (κ2) is 6.99. The lowest BCUT2D eigenvalue weighted by Crippen LogP contribution is -2.54. The smallest absolute Gasteiger partial charge is 0.250 e. The van der Waals surface area contributed by atoms with Crippen LogP contribution in [-0.4, -0.2) is 28.7 Å². The van der Waals surface area contributed by atoms with Crippen molar-refractivity contribution in [3.63, 3.8) is 0 Å². The molecule has 31 heavy (non-hydrogen) atoms. The van der Waals surface area contributed by atoms with Crippen LogP contribution in [0, 0.1) is 23.6 Å². The zero-order valence-corrected chi connectivity index (χ0v) is 17.4. The minimum atomic E-state index is -1.26. The van der Waals surface area contributed by atoms with Gasteiger partial charge >= 0.3 is 0 Å². The maximum atomic E-state index is 13.7. The Hall–Kier alpha value is -3.06. The third kappa shape index (κ3) is 2.69. The first kappa shape index (κ1) is 19.9. The monoisotopic (exact) mass is 421 g/mol. The van der Waals surface area contributed by atoms with Gasteiger partial charge in [0.05, 0.1) is 18.4 Å². The molecular weight excluding hydrogens is 397 g/mol. The zero-order valence-electron chi connectivity index (χ0n) is 17.4. The summed E-state index contributed by atoms with van der Waals surface area (Å²) in [5.41, 5.74) is 0.785. The van der Waals surface area contributed by atoms with Gasteiger partial charge in [0.25, 0.3) is 0 Å². The third-order valence-electron chi connectivity index (χ3n) is 7.16. The highest BCUT2D eigenvalue weighted by atomic mass is 19.1. The van der Waals surface area contributed by atoms with E-state index in [1.54, 1.807) is 12.1 Å². The fourth-order valence-corrected chi connectivity index (χ4v) is 5.42. The number of hydrogen-bond acceptors (Lipinski definition) is 4. The summed E-state index contributed by atoms with van der Waals surface area (Å²) in [6.45, 7) is 4.14. The molecule has 5 rings (SSSR count). The number of fused-ring (bicyclic) bond motifs is 4. The molecule has 2 N–H and O–H groups in total. The van der Waals surface area contributed by atoms with Crippen molar-refractivity contribution >= 4 is 23.4 Å². The van der Waals surface area contributed by atoms with Gasteiger partial charge in [-0.3, -0.25) is 24.6 Å². The molecule has 3 amide bonds. The number of imide groups is 1. The zero-order chi connectivity index (χ0) is 21.9. The van der Waals surface area contributed by atoms with Crippen LogP contribution in [0.15, 0.2) is 48.5 Å². The highest BCUT2D eigenvalue weighted by Crippen LogP contribution is 2.54. The maximum Gasteiger partial charge on any atom is 0.250 e. The van der Waals surface area contributed by atoms with Crippen molar-refractivity contribution in [2.75, 3.05) is 5.32 Å². The number of benzene rings is 2. The first-order valence-electron chi connectivity index (χ1n) is 10.7. The summed E-state index contributed by atoms with van der Waals surface area (Å²) in [7, 11) is 0. The summed E-state index contributed by atoms with van der Waals surface area (Å²) >= 11 is 0. The molecule has 0 saturated carbocycles. The summed E-state index contributed by atoms with van der Waals surface area (Å²) in [6.07, 6.45) is 0.805. The molecule has 3 aliphatic rings. The second-order valence-electron chi connectivity index (χ2n) is 8.76. The number of hydrogen-bond donors (Lipinski definition) is 2. The van der Waals surface area contributed by atoms with Crippen LogP contribution < -0.4 is 10.6 Å². The minimum absolute atomic E-state index is 0.0670. The van der Waals surface area contributed by atoms with Crippen LogP contribution in [0.3, 0.4) is 0 Å². The van der Waals surface area contributed by atoms with Gasteiger partial charge in [-0.05, 0) is 29.7 Å². The van der Waals surface area contributed by atoms with E-state index in [2.05, 4.69) is 10.6 Å². The SMILES string of the molecule is CC[C@H](C)[C@@H]1N[C@]2(C(=O)Nc3ccccc32)[C@@H]2C(=O)N(Cc3ccc(F)cc3)C(=O)[C@H]12. The van der Waals surface area contributed by atoms with Gasteiger partial charge in [-0.1, -0.05) is 50.6 Å². The van der Waals surface area contributed by atoms with E-state index in [-0.39, 0.29) is 42.0 Å². The van der Waals surface area contributed by atoms with Crippen molar-refractivity contribution in [2.45, 2.75) is 38.4 Å². The Morgan fingerprint density at radius 3 is 2.48 bits per heavy atom. The number of anilines is 1. The van der Waals surface area contributed by atoms with Crippen molar-refractivity contribution in [1.82, 2.24) is 10.2 Å². The van der Waals surface area contributed by atoms with Crippen molar-refractivity contribution in [1.29, 1.82) is 0 Å². The van der Waals surface area contributed by atoms with E-state index >= 15 is 0 Å². The van der Waals surface area contributed by atoms with E-state index in [4.69, 9.17) is 0 Å². The summed E-state index contributed by atoms with van der Waals surface area (Å²) in [6, 6.07) is 12.8. The fraction of sp³-hybridized carbons (Fsp3) is 0.375. The quantitative estimate of drug-likeness (QED) is 0.745. The van der Waals surface area contributed by atoms with Crippen LogP contribution in [0.1, 0.15) is 31.4 Å². The topological polar surface area (TPSA) is 78.5 Å². The molecule has 2 saturated heterocycles. The first-order valence-corrected chi connectivity index (χ1v) is 10.7. The van der Waals surface area contributed by atoms with Crippen LogP contribution in [-0.2, 0) is 26.5 Å². The lowest BCUT2D eigenvalue weighted by Gasteiger charge is -2.30. The molecule has 160 valence electrons. The Balaban J connectivity index is 1.60. The lowest BCUT2D eigenvalue weighted by molar-refractivity contribution is -0.143. The molecule has 3 heterocycles. The number of carbonyl (C=O) groups is 3. The number of rotatable bonds is 4. The number of amides is 3. The van der Waals surface area contributed by atoms with Gasteiger partial charge in [0.15, 0.2) is 0 Å². The van der Waals surface area contributed by atoms with Crippen molar-refractivity contribution in [3.8, 4) is 0 Å². The molecule has 1 spiro atoms. The summed E-state index contributed by atoms with van der Waals surface area (Å²) in [5, 5.41) is 6.35. The van der Waals surface area contributed by atoms with Gasteiger partial charge in [-0.15, -0.1) is 0 Å². The molecule has 5 atom stereocenters. The van der Waals surface area contributed by atoms with E-state index in [9.17, 15) is 18.8 Å². The van der Waals surface area contributed by atoms with Gasteiger partial charge < -0.3 is 5.32 Å². The van der Waals surface area contributed by atoms with E-state index < -0.39 is 17.4 Å². The van der Waals surface area contributed by atoms with Crippen molar-refractivity contribution in [2.24, 2.45) is 17.8 Å². The van der Waals surface area contributed by atoms with Gasteiger partial charge in [-0.2, -0.15) is 0 Å². The molecule has 0 radical (unpaired) electrons. The number of likely N-dealkylation sites (tertiary alicyclic amines) is 1. The number of nitrogens with one attached hydrogen (secondary N) is 2. The largest absolute Gasteiger partial charge is 0.324 e. The van der Waals surface area contributed by atoms with Crippen LogP contribution in [0.4, 0.5) is 10.1 Å². The Bertz CT molecular complexity index is 1090. The molecule has 0 unspecified atom stereocenters. The van der Waals surface area contributed by atoms with Crippen LogP contribution >= 0.6 is 0 Å². The molecule has 0 aliphatic carbocycles. The predicted octanol–water partition coefficient (Wildman–Crippen LogP) is 2.79. The molecule has 0 bridgehead atoms. The average Bonchev–Trinajstić information content (AvgIpc) is 3.36. The minimum Gasteiger partial charge on any atom is -0.324 e. The number of nitrogens with zero attached hydrogens (tertiary/aromatic N) is 1. The Morgan fingerprint density at radius 1 is 1.06 bits per heavy atom. The van der Waals surface area contributed by atoms with E-state index in [1.807, 2.05) is 38.1 Å². The fourth-order valence-electron chi connectivity index (χ4n) is 5.42. The normalized spacial score (nSPS) is 30.0. The number of halogens is 1. The van der Waals surface area contributed by atoms with Crippen molar-refractivity contribution in [3.05, 3.63) is 65.5 Å². The molecule has 2 aromatic carbocycles. The van der Waals surface area contributed by atoms with Gasteiger partial charge in [0.1, 0.15) is 11.4 Å². The molecular formula is C24H24FN3O3. The molecule has 2 fully saturated rings. The molecule has 3 aliphatic heterocycles. The second-order valence-corrected chi connectivity index (χ2v) is 8.76. The summed E-state index contributed by atoms with van der Waals surface area (Å²) < 4.78 is 13.3. The van der Waals surface area contributed by atoms with Crippen LogP contribution in [0.5, 0.6) is 0 Å². The van der Waals surface area contributed by atoms with Crippen LogP contribution in [0.25, 0.3) is 0 Å². The van der Waals surface area contributed by atoms with Crippen molar-refractivity contribution < 1.29 is 18.8 Å². The van der Waals surface area contributed by atoms with E-state index in [0.29, 0.717) is 16.8 Å². The molecule has 2 aromatic rings. The first-order chi connectivity index (χ1) is 14.9. The standard InChI is InChI=1S/C24H24FN3O3/c1-3-13(2)20-18-19(24(27-20)16-6-4-5-7-17(16)26-23(24)31)22(30)28(21(18)29)12-14-8-10-15(25)11-9-14/h4-11,13,18-20,27H,3,12H2,1-2H3,(H,26,31)/t13-,18-,19-,20-,24-/m0/s1. The lowest BCUT2D eigenvalue weighted by atomic mass is 9.75. The number of para-hydroxylation sites is 1. The van der Waals surface area contributed by atoms with E-state index in [0.717, 1.165) is 6.42 Å². The maximum absolute atomic E-state index is 13.7. The molecule has 6 nitrogen and oxygen atoms in total. The number of carbonyl (C=O) groups excluding carboxylic acids is 3. The predicted molar refractivity (Wildman–Crippen MR) is 112 cm³/mol. The Morgan fingerprint density at radius 2 is 1.77 bits per heavy atom. The van der Waals surface area contributed by atoms with Gasteiger partial charge in [-0.25, -0.2) is 4.39 Å². The molecule has 7 heteroatoms. The molecule has 0 aromatic heterocycles. The highest BCUT2D eigenvalue weighted by Gasteiger charge is 2.70. The third-order valence-corrected chi connectivity index (χ3v) is 7.16. The van der Waals surface area contributed by atoms with Gasteiger partial charge in [0, 0.05) is 17.3 Å². The summed E-state index contributed by atoms with van der Waals surface area (Å²) in [5.74, 6) is -2.65. The van der Waals surface area contributed by atoms with Crippen LogP contribution in [0.2, 0.25) is 0 Å². The highest BCUT2D eigenvalue weighted by molar-refractivity contribution is 6.15. The van der Waals surface area contributed by atoms with Gasteiger partial charge in [0.2, 0.25) is 17.7 Å². The Kier molecular flexibility index (Phi) is 4.48. The Labute approximate surface area is 179 Å².